The Morgan fingerprint density at radius 2 is 2.04 bits per heavy atom. The van der Waals surface area contributed by atoms with Gasteiger partial charge in [-0.15, -0.1) is 0 Å². The Morgan fingerprint density at radius 1 is 1.39 bits per heavy atom. The summed E-state index contributed by atoms with van der Waals surface area (Å²) in [6.07, 6.45) is -0.273. The van der Waals surface area contributed by atoms with Crippen LogP contribution in [0.5, 0.6) is 5.75 Å². The second kappa shape index (κ2) is 5.30. The third-order valence-corrected chi connectivity index (χ3v) is 4.45. The number of nitrogens with zero attached hydrogens (tertiary/aromatic N) is 2. The van der Waals surface area contributed by atoms with Gasteiger partial charge in [-0.2, -0.15) is 0 Å². The van der Waals surface area contributed by atoms with Crippen LogP contribution in [0.2, 0.25) is 0 Å². The number of halogens is 2. The van der Waals surface area contributed by atoms with Gasteiger partial charge in [-0.25, -0.2) is 8.78 Å². The molecule has 0 saturated carbocycles. The largest absolute Gasteiger partial charge is 0.484 e. The van der Waals surface area contributed by atoms with Crippen molar-refractivity contribution in [3.05, 3.63) is 27.8 Å². The highest BCUT2D eigenvalue weighted by atomic mass is 19.3. The van der Waals surface area contributed by atoms with Gasteiger partial charge in [0.15, 0.2) is 0 Å². The van der Waals surface area contributed by atoms with E-state index >= 15 is 0 Å². The van der Waals surface area contributed by atoms with Crippen molar-refractivity contribution in [2.24, 2.45) is 0 Å². The molecule has 1 N–H and O–H groups in total. The number of aliphatic hydroxyl groups is 1. The summed E-state index contributed by atoms with van der Waals surface area (Å²) in [5, 5.41) is 20.8. The minimum atomic E-state index is -2.71. The second-order valence-corrected chi connectivity index (χ2v) is 6.44. The Bertz CT molecular complexity index is 643. The summed E-state index contributed by atoms with van der Waals surface area (Å²) in [5.41, 5.74) is 0.0366. The van der Waals surface area contributed by atoms with Gasteiger partial charge in [-0.3, -0.25) is 10.1 Å². The van der Waals surface area contributed by atoms with Gasteiger partial charge in [0.25, 0.3) is 11.6 Å². The van der Waals surface area contributed by atoms with E-state index in [9.17, 15) is 24.0 Å². The normalized spacial score (nSPS) is 25.8. The van der Waals surface area contributed by atoms with Crippen LogP contribution >= 0.6 is 0 Å². The molecule has 1 saturated heterocycles. The first-order chi connectivity index (χ1) is 10.7. The van der Waals surface area contributed by atoms with Gasteiger partial charge in [0.05, 0.1) is 11.5 Å². The highest BCUT2D eigenvalue weighted by Crippen LogP contribution is 2.43. The number of anilines is 1. The summed E-state index contributed by atoms with van der Waals surface area (Å²) in [6.45, 7) is 1.63. The maximum atomic E-state index is 13.3. The molecule has 2 aliphatic rings. The summed E-state index contributed by atoms with van der Waals surface area (Å²) < 4.78 is 32.3. The number of rotatable bonds is 3. The van der Waals surface area contributed by atoms with E-state index < -0.39 is 16.4 Å². The Hall–Kier alpha value is -1.96. The third-order valence-electron chi connectivity index (χ3n) is 4.45. The molecule has 1 unspecified atom stereocenters. The SMILES string of the molecule is CC1(CO)Cc2cc([N+](=O)[O-])c(N3CCC(F)(F)CC3)cc2O1. The number of piperidine rings is 1. The maximum absolute atomic E-state index is 13.3. The quantitative estimate of drug-likeness (QED) is 0.681. The predicted molar refractivity (Wildman–Crippen MR) is 79.3 cm³/mol. The molecule has 1 atom stereocenters. The Labute approximate surface area is 131 Å². The Morgan fingerprint density at radius 3 is 2.61 bits per heavy atom. The van der Waals surface area contributed by atoms with Crippen molar-refractivity contribution in [2.45, 2.75) is 37.7 Å². The molecule has 1 aromatic carbocycles. The van der Waals surface area contributed by atoms with E-state index in [1.807, 2.05) is 0 Å². The molecule has 0 spiro atoms. The predicted octanol–water partition coefficient (Wildman–Crippen LogP) is 2.52. The minimum Gasteiger partial charge on any atom is -0.484 e. The van der Waals surface area contributed by atoms with Crippen molar-refractivity contribution >= 4 is 11.4 Å². The van der Waals surface area contributed by atoms with Crippen molar-refractivity contribution in [3.8, 4) is 5.75 Å². The van der Waals surface area contributed by atoms with E-state index in [4.69, 9.17) is 4.74 Å². The fourth-order valence-corrected chi connectivity index (χ4v) is 3.10. The van der Waals surface area contributed by atoms with Gasteiger partial charge < -0.3 is 14.7 Å². The lowest BCUT2D eigenvalue weighted by molar-refractivity contribution is -0.384. The summed E-state index contributed by atoms with van der Waals surface area (Å²) in [6, 6.07) is 2.97. The number of hydrogen-bond acceptors (Lipinski definition) is 5. The lowest BCUT2D eigenvalue weighted by Gasteiger charge is -2.33. The Kier molecular flexibility index (Phi) is 3.66. The molecule has 1 fully saturated rings. The number of benzene rings is 1. The summed E-state index contributed by atoms with van der Waals surface area (Å²) in [7, 11) is 0. The van der Waals surface area contributed by atoms with Gasteiger partial charge in [0, 0.05) is 50.0 Å². The molecule has 0 amide bonds. The van der Waals surface area contributed by atoms with Crippen molar-refractivity contribution in [3.63, 3.8) is 0 Å². The van der Waals surface area contributed by atoms with Crippen LogP contribution in [0.3, 0.4) is 0 Å². The molecule has 8 heteroatoms. The minimum absolute atomic E-state index is 0.0594. The van der Waals surface area contributed by atoms with Crippen LogP contribution in [-0.2, 0) is 6.42 Å². The zero-order chi connectivity index (χ0) is 16.8. The molecule has 0 aliphatic carbocycles. The van der Waals surface area contributed by atoms with E-state index in [0.29, 0.717) is 23.4 Å². The number of nitro groups is 1. The molecule has 3 rings (SSSR count). The number of fused-ring (bicyclic) bond motifs is 1. The van der Waals surface area contributed by atoms with Crippen LogP contribution in [0, 0.1) is 10.1 Å². The number of aliphatic hydroxyl groups excluding tert-OH is 1. The van der Waals surface area contributed by atoms with Crippen LogP contribution < -0.4 is 9.64 Å². The van der Waals surface area contributed by atoms with Crippen molar-refractivity contribution in [2.75, 3.05) is 24.6 Å². The van der Waals surface area contributed by atoms with Crippen LogP contribution in [-0.4, -0.2) is 41.2 Å². The van der Waals surface area contributed by atoms with Gasteiger partial charge in [-0.05, 0) is 6.92 Å². The van der Waals surface area contributed by atoms with Crippen LogP contribution in [0.15, 0.2) is 12.1 Å². The van der Waals surface area contributed by atoms with E-state index in [-0.39, 0.29) is 38.2 Å². The lowest BCUT2D eigenvalue weighted by atomic mass is 9.99. The number of ether oxygens (including phenoxy) is 1. The average molecular weight is 328 g/mol. The highest BCUT2D eigenvalue weighted by Gasteiger charge is 2.39. The van der Waals surface area contributed by atoms with Crippen molar-refractivity contribution in [1.29, 1.82) is 0 Å². The Balaban J connectivity index is 1.95. The standard InChI is InChI=1S/C15H18F2N2O4/c1-14(9-20)8-10-6-12(19(21)22)11(7-13(10)23-14)18-4-2-15(16,17)3-5-18/h6-7,20H,2-5,8-9H2,1H3. The van der Waals surface area contributed by atoms with Gasteiger partial charge in [0.1, 0.15) is 17.0 Å². The fraction of sp³-hybridized carbons (Fsp3) is 0.600. The van der Waals surface area contributed by atoms with E-state index in [1.54, 1.807) is 11.8 Å². The molecular formula is C15H18F2N2O4. The smallest absolute Gasteiger partial charge is 0.293 e. The molecular weight excluding hydrogens is 310 g/mol. The number of hydrogen-bond donors (Lipinski definition) is 1. The molecule has 2 heterocycles. The third kappa shape index (κ3) is 2.95. The topological polar surface area (TPSA) is 75.8 Å². The van der Waals surface area contributed by atoms with E-state index in [2.05, 4.69) is 0 Å². The maximum Gasteiger partial charge on any atom is 0.293 e. The van der Waals surface area contributed by atoms with Crippen molar-refractivity contribution in [1.82, 2.24) is 0 Å². The molecule has 0 radical (unpaired) electrons. The first kappa shape index (κ1) is 15.9. The summed E-state index contributed by atoms with van der Waals surface area (Å²) >= 11 is 0. The van der Waals surface area contributed by atoms with Crippen LogP contribution in [0.25, 0.3) is 0 Å². The molecule has 2 aliphatic heterocycles. The molecule has 0 bridgehead atoms. The summed E-state index contributed by atoms with van der Waals surface area (Å²) in [4.78, 5) is 12.5. The van der Waals surface area contributed by atoms with E-state index in [1.165, 1.54) is 12.1 Å². The van der Waals surface area contributed by atoms with Crippen molar-refractivity contribution < 1.29 is 23.5 Å². The average Bonchev–Trinajstić information content (AvgIpc) is 2.82. The zero-order valence-corrected chi connectivity index (χ0v) is 12.7. The second-order valence-electron chi connectivity index (χ2n) is 6.44. The molecule has 1 aromatic rings. The lowest BCUT2D eigenvalue weighted by Crippen LogP contribution is -2.39. The molecule has 126 valence electrons. The first-order valence-electron chi connectivity index (χ1n) is 7.47. The van der Waals surface area contributed by atoms with Gasteiger partial charge >= 0.3 is 0 Å². The number of nitro benzene ring substituents is 1. The first-order valence-corrected chi connectivity index (χ1v) is 7.47. The number of alkyl halides is 2. The fourth-order valence-electron chi connectivity index (χ4n) is 3.10. The molecule has 0 aromatic heterocycles. The van der Waals surface area contributed by atoms with Crippen LogP contribution in [0.1, 0.15) is 25.3 Å². The van der Waals surface area contributed by atoms with Crippen LogP contribution in [0.4, 0.5) is 20.2 Å². The summed E-state index contributed by atoms with van der Waals surface area (Å²) in [5.74, 6) is -2.24. The monoisotopic (exact) mass is 328 g/mol. The van der Waals surface area contributed by atoms with Gasteiger partial charge in [-0.1, -0.05) is 0 Å². The zero-order valence-electron chi connectivity index (χ0n) is 12.7. The van der Waals surface area contributed by atoms with E-state index in [0.717, 1.165) is 0 Å². The molecule has 23 heavy (non-hydrogen) atoms. The van der Waals surface area contributed by atoms with Gasteiger partial charge in [0.2, 0.25) is 0 Å². The molecule has 6 nitrogen and oxygen atoms in total. The highest BCUT2D eigenvalue weighted by molar-refractivity contribution is 5.69.